The van der Waals surface area contributed by atoms with E-state index in [0.717, 1.165) is 5.56 Å². The van der Waals surface area contributed by atoms with Gasteiger partial charge in [0.1, 0.15) is 17.8 Å². The lowest BCUT2D eigenvalue weighted by atomic mass is 9.99. The number of nitrogens with two attached hydrogens (primary N) is 2. The van der Waals surface area contributed by atoms with Gasteiger partial charge in [-0.2, -0.15) is 4.98 Å². The topological polar surface area (TPSA) is 207 Å². The number of hydrogen-bond donors (Lipinski definition) is 6. The van der Waals surface area contributed by atoms with Crippen LogP contribution in [0.15, 0.2) is 28.8 Å². The molecule has 33 heavy (non-hydrogen) atoms. The summed E-state index contributed by atoms with van der Waals surface area (Å²) in [5.41, 5.74) is 12.1. The second-order valence-corrected chi connectivity index (χ2v) is 7.84. The molecule has 180 valence electrons. The zero-order chi connectivity index (χ0) is 24.5. The predicted octanol–water partition coefficient (Wildman–Crippen LogP) is 1.12. The molecular formula is C21H30N6O6. The Morgan fingerprint density at radius 2 is 1.85 bits per heavy atom. The highest BCUT2D eigenvalue weighted by molar-refractivity contribution is 5.83. The molecule has 0 aliphatic heterocycles. The molecule has 0 radical (unpaired) electrons. The lowest BCUT2D eigenvalue weighted by molar-refractivity contribution is -0.139. The molecule has 3 amide bonds. The third kappa shape index (κ3) is 7.75. The SMILES string of the molecule is CC[C@H](C)C(NC(=O)N[C@@H](CCC(N)=O)C(=O)O)c1nc([C@@H](N)Cc2ccc(O)cc2)no1. The molecular weight excluding hydrogens is 432 g/mol. The molecule has 1 unspecified atom stereocenters. The lowest BCUT2D eigenvalue weighted by Gasteiger charge is -2.22. The largest absolute Gasteiger partial charge is 0.508 e. The van der Waals surface area contributed by atoms with Crippen molar-refractivity contribution >= 4 is 17.9 Å². The van der Waals surface area contributed by atoms with E-state index in [2.05, 4.69) is 20.8 Å². The molecule has 0 spiro atoms. The number of aliphatic carboxylic acids is 1. The van der Waals surface area contributed by atoms with Crippen molar-refractivity contribution in [3.05, 3.63) is 41.5 Å². The van der Waals surface area contributed by atoms with E-state index in [0.29, 0.717) is 12.8 Å². The van der Waals surface area contributed by atoms with Crippen molar-refractivity contribution in [1.29, 1.82) is 0 Å². The maximum absolute atomic E-state index is 12.5. The molecule has 0 aliphatic rings. The first-order valence-electron chi connectivity index (χ1n) is 10.6. The second-order valence-electron chi connectivity index (χ2n) is 7.84. The van der Waals surface area contributed by atoms with Crippen molar-refractivity contribution in [1.82, 2.24) is 20.8 Å². The van der Waals surface area contributed by atoms with Crippen LogP contribution in [-0.4, -0.2) is 44.3 Å². The van der Waals surface area contributed by atoms with Crippen molar-refractivity contribution in [2.24, 2.45) is 17.4 Å². The van der Waals surface area contributed by atoms with Gasteiger partial charge in [0.2, 0.25) is 11.8 Å². The zero-order valence-corrected chi connectivity index (χ0v) is 18.5. The van der Waals surface area contributed by atoms with E-state index >= 15 is 0 Å². The number of benzene rings is 1. The van der Waals surface area contributed by atoms with Gasteiger partial charge in [-0.1, -0.05) is 37.6 Å². The van der Waals surface area contributed by atoms with Crippen molar-refractivity contribution < 1.29 is 29.1 Å². The average molecular weight is 463 g/mol. The van der Waals surface area contributed by atoms with Crippen LogP contribution in [0.2, 0.25) is 0 Å². The first-order valence-corrected chi connectivity index (χ1v) is 10.6. The Hall–Kier alpha value is -3.67. The second kappa shape index (κ2) is 11.8. The minimum atomic E-state index is -1.29. The van der Waals surface area contributed by atoms with E-state index in [1.165, 1.54) is 0 Å². The standard InChI is InChI=1S/C21H30N6O6/c1-3-11(2)17(25-21(32)24-15(20(30)31)8-9-16(23)29)19-26-18(27-33-19)14(22)10-12-4-6-13(28)7-5-12/h4-7,11,14-15,17,28H,3,8-10,22H2,1-2H3,(H2,23,29)(H,30,31)(H2,24,25,32)/t11-,14-,15-,17?/m0/s1. The number of nitrogens with one attached hydrogen (secondary N) is 2. The van der Waals surface area contributed by atoms with Crippen LogP contribution in [0.4, 0.5) is 4.79 Å². The predicted molar refractivity (Wildman–Crippen MR) is 117 cm³/mol. The Kier molecular flexibility index (Phi) is 9.16. The number of phenols is 1. The van der Waals surface area contributed by atoms with Crippen molar-refractivity contribution in [3.63, 3.8) is 0 Å². The van der Waals surface area contributed by atoms with Gasteiger partial charge in [-0.25, -0.2) is 9.59 Å². The summed E-state index contributed by atoms with van der Waals surface area (Å²) < 4.78 is 5.36. The fraction of sp³-hybridized carbons (Fsp3) is 0.476. The first-order chi connectivity index (χ1) is 15.6. The fourth-order valence-corrected chi connectivity index (χ4v) is 3.07. The lowest BCUT2D eigenvalue weighted by Crippen LogP contribution is -2.48. The van der Waals surface area contributed by atoms with Crippen LogP contribution < -0.4 is 22.1 Å². The highest BCUT2D eigenvalue weighted by atomic mass is 16.5. The minimum Gasteiger partial charge on any atom is -0.508 e. The number of urea groups is 1. The number of carboxylic acids is 1. The Labute approximate surface area is 190 Å². The van der Waals surface area contributed by atoms with Gasteiger partial charge in [0.15, 0.2) is 5.82 Å². The van der Waals surface area contributed by atoms with E-state index in [1.54, 1.807) is 24.3 Å². The van der Waals surface area contributed by atoms with Crippen molar-refractivity contribution in [3.8, 4) is 5.75 Å². The van der Waals surface area contributed by atoms with Crippen LogP contribution in [-0.2, 0) is 16.0 Å². The van der Waals surface area contributed by atoms with Crippen LogP contribution in [0.1, 0.15) is 62.5 Å². The number of carbonyl (C=O) groups excluding carboxylic acids is 2. The number of rotatable bonds is 12. The number of hydrogen-bond acceptors (Lipinski definition) is 8. The van der Waals surface area contributed by atoms with Gasteiger partial charge >= 0.3 is 12.0 Å². The molecule has 2 aromatic rings. The third-order valence-corrected chi connectivity index (χ3v) is 5.23. The molecule has 2 rings (SSSR count). The number of amides is 3. The molecule has 1 aromatic heterocycles. The van der Waals surface area contributed by atoms with Gasteiger partial charge in [0.05, 0.1) is 6.04 Å². The maximum atomic E-state index is 12.5. The zero-order valence-electron chi connectivity index (χ0n) is 18.5. The number of nitrogens with zero attached hydrogens (tertiary/aromatic N) is 2. The number of aromatic nitrogens is 2. The normalized spacial score (nSPS) is 14.6. The van der Waals surface area contributed by atoms with Crippen LogP contribution >= 0.6 is 0 Å². The minimum absolute atomic E-state index is 0.119. The highest BCUT2D eigenvalue weighted by Gasteiger charge is 2.29. The summed E-state index contributed by atoms with van der Waals surface area (Å²) in [4.78, 5) is 39.1. The number of phenolic OH excluding ortho intramolecular Hbond substituents is 1. The molecule has 0 saturated heterocycles. The van der Waals surface area contributed by atoms with E-state index in [-0.39, 0.29) is 36.2 Å². The van der Waals surface area contributed by atoms with Crippen LogP contribution in [0, 0.1) is 5.92 Å². The molecule has 0 saturated carbocycles. The number of carbonyl (C=O) groups is 3. The molecule has 1 aromatic carbocycles. The van der Waals surface area contributed by atoms with Gasteiger partial charge < -0.3 is 36.8 Å². The Morgan fingerprint density at radius 3 is 2.42 bits per heavy atom. The Balaban J connectivity index is 2.09. The third-order valence-electron chi connectivity index (χ3n) is 5.23. The quantitative estimate of drug-likeness (QED) is 0.267. The number of primary amides is 1. The molecule has 8 N–H and O–H groups in total. The summed E-state index contributed by atoms with van der Waals surface area (Å²) in [5, 5.41) is 27.6. The number of carboxylic acid groups (broad SMARTS) is 1. The summed E-state index contributed by atoms with van der Waals surface area (Å²) >= 11 is 0. The van der Waals surface area contributed by atoms with Gasteiger partial charge in [0, 0.05) is 6.42 Å². The summed E-state index contributed by atoms with van der Waals surface area (Å²) in [6, 6.07) is 3.27. The van der Waals surface area contributed by atoms with Crippen LogP contribution in [0.3, 0.4) is 0 Å². The molecule has 12 heteroatoms. The van der Waals surface area contributed by atoms with Gasteiger partial charge in [-0.05, 0) is 36.5 Å². The molecule has 4 atom stereocenters. The molecule has 12 nitrogen and oxygen atoms in total. The van der Waals surface area contributed by atoms with E-state index in [4.69, 9.17) is 16.0 Å². The smallest absolute Gasteiger partial charge is 0.326 e. The van der Waals surface area contributed by atoms with Gasteiger partial charge in [0.25, 0.3) is 0 Å². The number of aromatic hydroxyl groups is 1. The van der Waals surface area contributed by atoms with Crippen LogP contribution in [0.25, 0.3) is 0 Å². The van der Waals surface area contributed by atoms with Gasteiger partial charge in [-0.15, -0.1) is 0 Å². The first kappa shape index (κ1) is 25.6. The van der Waals surface area contributed by atoms with Crippen LogP contribution in [0.5, 0.6) is 5.75 Å². The summed E-state index contributed by atoms with van der Waals surface area (Å²) in [7, 11) is 0. The molecule has 0 bridgehead atoms. The monoisotopic (exact) mass is 462 g/mol. The fourth-order valence-electron chi connectivity index (χ4n) is 3.07. The van der Waals surface area contributed by atoms with E-state index in [9.17, 15) is 24.6 Å². The summed E-state index contributed by atoms with van der Waals surface area (Å²) in [5.74, 6) is -1.53. The van der Waals surface area contributed by atoms with E-state index in [1.807, 2.05) is 13.8 Å². The molecule has 1 heterocycles. The molecule has 0 aliphatic carbocycles. The summed E-state index contributed by atoms with van der Waals surface area (Å²) in [6.07, 6.45) is 0.745. The molecule has 0 fully saturated rings. The summed E-state index contributed by atoms with van der Waals surface area (Å²) in [6.45, 7) is 3.78. The highest BCUT2D eigenvalue weighted by Crippen LogP contribution is 2.25. The maximum Gasteiger partial charge on any atom is 0.326 e. The van der Waals surface area contributed by atoms with Crippen molar-refractivity contribution in [2.75, 3.05) is 0 Å². The Bertz CT molecular complexity index is 947. The van der Waals surface area contributed by atoms with E-state index < -0.39 is 36.0 Å². The average Bonchev–Trinajstić information content (AvgIpc) is 3.25. The Morgan fingerprint density at radius 1 is 1.18 bits per heavy atom. The van der Waals surface area contributed by atoms with Gasteiger partial charge in [-0.3, -0.25) is 4.79 Å². The van der Waals surface area contributed by atoms with Crippen molar-refractivity contribution in [2.45, 2.75) is 57.7 Å².